The largest absolute Gasteiger partial charge is 0.444 e. The predicted octanol–water partition coefficient (Wildman–Crippen LogP) is 3.20. The summed E-state index contributed by atoms with van der Waals surface area (Å²) in [6.07, 6.45) is 6.91. The SMILES string of the molecule is CN(CCCC1CCC2OC2C1)C(=O)OC(C)(C)C. The number of epoxide rings is 1. The maximum atomic E-state index is 11.8. The van der Waals surface area contributed by atoms with Gasteiger partial charge in [0.2, 0.25) is 0 Å². The van der Waals surface area contributed by atoms with Crippen LogP contribution in [-0.2, 0) is 9.47 Å². The first-order chi connectivity index (χ1) is 8.85. The van der Waals surface area contributed by atoms with Crippen molar-refractivity contribution < 1.29 is 14.3 Å². The summed E-state index contributed by atoms with van der Waals surface area (Å²) < 4.78 is 10.9. The molecule has 0 radical (unpaired) electrons. The summed E-state index contributed by atoms with van der Waals surface area (Å²) >= 11 is 0. The number of rotatable bonds is 4. The van der Waals surface area contributed by atoms with Gasteiger partial charge in [0, 0.05) is 13.6 Å². The molecule has 1 heterocycles. The highest BCUT2D eigenvalue weighted by Gasteiger charge is 2.43. The fourth-order valence-corrected chi connectivity index (χ4v) is 2.80. The molecule has 1 aliphatic heterocycles. The zero-order valence-electron chi connectivity index (χ0n) is 12.6. The molecule has 0 aromatic heterocycles. The van der Waals surface area contributed by atoms with Crippen LogP contribution in [0.5, 0.6) is 0 Å². The minimum atomic E-state index is -0.410. The van der Waals surface area contributed by atoms with Crippen LogP contribution in [0.2, 0.25) is 0 Å². The first-order valence-electron chi connectivity index (χ1n) is 7.45. The number of amides is 1. The van der Waals surface area contributed by atoms with Crippen molar-refractivity contribution in [3.63, 3.8) is 0 Å². The van der Waals surface area contributed by atoms with Crippen LogP contribution in [0.3, 0.4) is 0 Å². The van der Waals surface area contributed by atoms with Gasteiger partial charge in [0.15, 0.2) is 0 Å². The standard InChI is InChI=1S/C15H27NO3/c1-15(2,3)19-14(17)16(4)9-5-6-11-7-8-12-13(10-11)18-12/h11-13H,5-10H2,1-4H3. The van der Waals surface area contributed by atoms with E-state index in [1.54, 1.807) is 4.90 Å². The molecule has 19 heavy (non-hydrogen) atoms. The van der Waals surface area contributed by atoms with Crippen LogP contribution in [0.4, 0.5) is 4.79 Å². The van der Waals surface area contributed by atoms with Crippen LogP contribution in [0.25, 0.3) is 0 Å². The molecule has 0 aromatic rings. The van der Waals surface area contributed by atoms with Gasteiger partial charge in [0.1, 0.15) is 5.60 Å². The molecular formula is C15H27NO3. The summed E-state index contributed by atoms with van der Waals surface area (Å²) in [6.45, 7) is 6.47. The average Bonchev–Trinajstić information content (AvgIpc) is 3.04. The van der Waals surface area contributed by atoms with Crippen molar-refractivity contribution in [3.8, 4) is 0 Å². The quantitative estimate of drug-likeness (QED) is 0.736. The van der Waals surface area contributed by atoms with Crippen LogP contribution >= 0.6 is 0 Å². The monoisotopic (exact) mass is 269 g/mol. The molecule has 3 unspecified atom stereocenters. The molecule has 1 saturated carbocycles. The van der Waals surface area contributed by atoms with Crippen molar-refractivity contribution in [3.05, 3.63) is 0 Å². The Morgan fingerprint density at radius 1 is 1.32 bits per heavy atom. The second kappa shape index (κ2) is 5.70. The van der Waals surface area contributed by atoms with Crippen molar-refractivity contribution in [1.29, 1.82) is 0 Å². The Morgan fingerprint density at radius 2 is 2.05 bits per heavy atom. The number of hydrogen-bond acceptors (Lipinski definition) is 3. The van der Waals surface area contributed by atoms with E-state index in [1.807, 2.05) is 27.8 Å². The maximum Gasteiger partial charge on any atom is 0.410 e. The second-order valence-corrected chi connectivity index (χ2v) is 6.94. The summed E-state index contributed by atoms with van der Waals surface area (Å²) in [7, 11) is 1.81. The summed E-state index contributed by atoms with van der Waals surface area (Å²) in [6, 6.07) is 0. The molecule has 0 bridgehead atoms. The van der Waals surface area contributed by atoms with E-state index in [-0.39, 0.29) is 6.09 Å². The molecule has 110 valence electrons. The molecule has 3 atom stereocenters. The van der Waals surface area contributed by atoms with Gasteiger partial charge >= 0.3 is 6.09 Å². The first-order valence-corrected chi connectivity index (χ1v) is 7.45. The van der Waals surface area contributed by atoms with Crippen molar-refractivity contribution >= 4 is 6.09 Å². The van der Waals surface area contributed by atoms with Gasteiger partial charge in [-0.15, -0.1) is 0 Å². The molecule has 4 nitrogen and oxygen atoms in total. The Balaban J connectivity index is 1.60. The van der Waals surface area contributed by atoms with Gasteiger partial charge in [-0.3, -0.25) is 0 Å². The van der Waals surface area contributed by atoms with Crippen molar-refractivity contribution in [2.24, 2.45) is 5.92 Å². The van der Waals surface area contributed by atoms with E-state index in [2.05, 4.69) is 0 Å². The molecule has 1 saturated heterocycles. The Morgan fingerprint density at radius 3 is 2.68 bits per heavy atom. The van der Waals surface area contributed by atoms with Gasteiger partial charge in [-0.1, -0.05) is 0 Å². The first kappa shape index (κ1) is 14.6. The number of ether oxygens (including phenoxy) is 2. The van der Waals surface area contributed by atoms with Gasteiger partial charge < -0.3 is 14.4 Å². The Kier molecular flexibility index (Phi) is 4.39. The number of carbonyl (C=O) groups is 1. The van der Waals surface area contributed by atoms with Gasteiger partial charge in [0.25, 0.3) is 0 Å². The lowest BCUT2D eigenvalue weighted by Gasteiger charge is -2.25. The second-order valence-electron chi connectivity index (χ2n) is 6.94. The third kappa shape index (κ3) is 4.68. The summed E-state index contributed by atoms with van der Waals surface area (Å²) in [5, 5.41) is 0. The summed E-state index contributed by atoms with van der Waals surface area (Å²) in [5.41, 5.74) is -0.410. The van der Waals surface area contributed by atoms with Gasteiger partial charge in [-0.2, -0.15) is 0 Å². The molecule has 2 fully saturated rings. The fourth-order valence-electron chi connectivity index (χ4n) is 2.80. The third-order valence-corrected chi connectivity index (χ3v) is 3.92. The topological polar surface area (TPSA) is 42.1 Å². The average molecular weight is 269 g/mol. The molecular weight excluding hydrogens is 242 g/mol. The molecule has 4 heteroatoms. The van der Waals surface area contributed by atoms with Crippen LogP contribution < -0.4 is 0 Å². The normalized spacial score (nSPS) is 29.6. The highest BCUT2D eigenvalue weighted by molar-refractivity contribution is 5.67. The number of nitrogens with zero attached hydrogens (tertiary/aromatic N) is 1. The summed E-state index contributed by atoms with van der Waals surface area (Å²) in [4.78, 5) is 13.5. The smallest absolute Gasteiger partial charge is 0.410 e. The Hall–Kier alpha value is -0.770. The van der Waals surface area contributed by atoms with Crippen molar-refractivity contribution in [2.75, 3.05) is 13.6 Å². The number of fused-ring (bicyclic) bond motifs is 1. The summed E-state index contributed by atoms with van der Waals surface area (Å²) in [5.74, 6) is 0.788. The van der Waals surface area contributed by atoms with Crippen LogP contribution in [0, 0.1) is 5.92 Å². The molecule has 1 aliphatic carbocycles. The molecule has 0 spiro atoms. The predicted molar refractivity (Wildman–Crippen MR) is 74.1 cm³/mol. The van der Waals surface area contributed by atoms with E-state index in [0.717, 1.165) is 18.9 Å². The van der Waals surface area contributed by atoms with Crippen LogP contribution in [0.15, 0.2) is 0 Å². The highest BCUT2D eigenvalue weighted by atomic mass is 16.6. The molecule has 0 N–H and O–H groups in total. The van der Waals surface area contributed by atoms with E-state index >= 15 is 0 Å². The lowest BCUT2D eigenvalue weighted by molar-refractivity contribution is 0.0294. The zero-order chi connectivity index (χ0) is 14.0. The van der Waals surface area contributed by atoms with Crippen LogP contribution in [0.1, 0.15) is 52.9 Å². The van der Waals surface area contributed by atoms with Gasteiger partial charge in [0.05, 0.1) is 12.2 Å². The minimum Gasteiger partial charge on any atom is -0.444 e. The van der Waals surface area contributed by atoms with Crippen molar-refractivity contribution in [1.82, 2.24) is 4.90 Å². The molecule has 2 aliphatic rings. The molecule has 1 amide bonds. The third-order valence-electron chi connectivity index (χ3n) is 3.92. The van der Waals surface area contributed by atoms with Crippen LogP contribution in [-0.4, -0.2) is 42.4 Å². The van der Waals surface area contributed by atoms with E-state index in [0.29, 0.717) is 12.2 Å². The molecule has 0 aromatic carbocycles. The minimum absolute atomic E-state index is 0.221. The van der Waals surface area contributed by atoms with Crippen molar-refractivity contribution in [2.45, 2.75) is 70.7 Å². The highest BCUT2D eigenvalue weighted by Crippen LogP contribution is 2.40. The Bertz CT molecular complexity index is 324. The molecule has 2 rings (SSSR count). The maximum absolute atomic E-state index is 11.8. The lowest BCUT2D eigenvalue weighted by Crippen LogP contribution is -2.34. The zero-order valence-corrected chi connectivity index (χ0v) is 12.6. The number of hydrogen-bond donors (Lipinski definition) is 0. The van der Waals surface area contributed by atoms with Gasteiger partial charge in [-0.05, 0) is 58.8 Å². The Labute approximate surface area is 116 Å². The fraction of sp³-hybridized carbons (Fsp3) is 0.933. The lowest BCUT2D eigenvalue weighted by atomic mass is 9.86. The van der Waals surface area contributed by atoms with E-state index < -0.39 is 5.60 Å². The number of carbonyl (C=O) groups excluding carboxylic acids is 1. The van der Waals surface area contributed by atoms with Gasteiger partial charge in [-0.25, -0.2) is 4.79 Å². The van der Waals surface area contributed by atoms with E-state index in [4.69, 9.17) is 9.47 Å². The van der Waals surface area contributed by atoms with E-state index in [1.165, 1.54) is 25.7 Å². The van der Waals surface area contributed by atoms with E-state index in [9.17, 15) is 4.79 Å².